The molecule has 0 fully saturated rings. The summed E-state index contributed by atoms with van der Waals surface area (Å²) in [4.78, 5) is 22.3. The molecule has 0 aliphatic heterocycles. The smallest absolute Gasteiger partial charge is 0.166 e. The van der Waals surface area contributed by atoms with Gasteiger partial charge in [0.2, 0.25) is 0 Å². The van der Waals surface area contributed by atoms with Gasteiger partial charge in [-0.3, -0.25) is 4.79 Å². The van der Waals surface area contributed by atoms with Crippen molar-refractivity contribution in [3.63, 3.8) is 0 Å². The van der Waals surface area contributed by atoms with E-state index in [1.807, 2.05) is 6.07 Å². The molecule has 0 saturated carbocycles. The lowest BCUT2D eigenvalue weighted by Crippen LogP contribution is -2.28. The predicted octanol–water partition coefficient (Wildman–Crippen LogP) is 3.28. The summed E-state index contributed by atoms with van der Waals surface area (Å²) in [5.41, 5.74) is 1.65. The molecule has 19 heavy (non-hydrogen) atoms. The number of ketones is 1. The summed E-state index contributed by atoms with van der Waals surface area (Å²) >= 11 is 1.71. The SMILES string of the molecule is CC1(C)CC(=O)c2cnc(Cc3cccs3)nc2C1. The zero-order valence-electron chi connectivity index (χ0n) is 11.1. The summed E-state index contributed by atoms with van der Waals surface area (Å²) in [5, 5.41) is 2.06. The average molecular weight is 272 g/mol. The second-order valence-electron chi connectivity index (χ2n) is 5.84. The Hall–Kier alpha value is -1.55. The maximum atomic E-state index is 12.1. The van der Waals surface area contributed by atoms with Crippen molar-refractivity contribution in [3.05, 3.63) is 45.7 Å². The maximum absolute atomic E-state index is 12.1. The molecule has 3 rings (SSSR count). The van der Waals surface area contributed by atoms with E-state index >= 15 is 0 Å². The number of thiophene rings is 1. The van der Waals surface area contributed by atoms with Gasteiger partial charge in [0, 0.05) is 23.9 Å². The van der Waals surface area contributed by atoms with Gasteiger partial charge in [-0.1, -0.05) is 19.9 Å². The molecule has 0 radical (unpaired) electrons. The lowest BCUT2D eigenvalue weighted by molar-refractivity contribution is 0.0909. The van der Waals surface area contributed by atoms with Crippen molar-refractivity contribution in [2.45, 2.75) is 33.1 Å². The molecule has 0 spiro atoms. The first kappa shape index (κ1) is 12.5. The van der Waals surface area contributed by atoms with Crippen LogP contribution in [0.3, 0.4) is 0 Å². The van der Waals surface area contributed by atoms with Gasteiger partial charge in [-0.15, -0.1) is 11.3 Å². The summed E-state index contributed by atoms with van der Waals surface area (Å²) in [6.07, 6.45) is 3.91. The van der Waals surface area contributed by atoms with Gasteiger partial charge in [-0.05, 0) is 23.3 Å². The van der Waals surface area contributed by atoms with Gasteiger partial charge < -0.3 is 0 Å². The molecule has 0 amide bonds. The number of hydrogen-bond acceptors (Lipinski definition) is 4. The van der Waals surface area contributed by atoms with Gasteiger partial charge in [-0.25, -0.2) is 9.97 Å². The van der Waals surface area contributed by atoms with E-state index in [9.17, 15) is 4.79 Å². The number of rotatable bonds is 2. The third-order valence-corrected chi connectivity index (χ3v) is 4.29. The Kier molecular flexibility index (Phi) is 2.97. The predicted molar refractivity (Wildman–Crippen MR) is 75.6 cm³/mol. The van der Waals surface area contributed by atoms with Crippen LogP contribution in [0.15, 0.2) is 23.7 Å². The fraction of sp³-hybridized carbons (Fsp3) is 0.400. The van der Waals surface area contributed by atoms with Crippen molar-refractivity contribution in [2.75, 3.05) is 0 Å². The van der Waals surface area contributed by atoms with E-state index in [4.69, 9.17) is 0 Å². The van der Waals surface area contributed by atoms with E-state index in [1.54, 1.807) is 17.5 Å². The van der Waals surface area contributed by atoms with Crippen molar-refractivity contribution >= 4 is 17.1 Å². The molecule has 98 valence electrons. The quantitative estimate of drug-likeness (QED) is 0.842. The summed E-state index contributed by atoms with van der Waals surface area (Å²) < 4.78 is 0. The molecule has 2 aromatic heterocycles. The van der Waals surface area contributed by atoms with Gasteiger partial charge in [0.1, 0.15) is 5.82 Å². The average Bonchev–Trinajstić information content (AvgIpc) is 2.79. The Morgan fingerprint density at radius 3 is 2.95 bits per heavy atom. The van der Waals surface area contributed by atoms with Gasteiger partial charge in [-0.2, -0.15) is 0 Å². The lowest BCUT2D eigenvalue weighted by Gasteiger charge is -2.29. The molecule has 1 aliphatic rings. The number of aromatic nitrogens is 2. The Bertz CT molecular complexity index is 617. The summed E-state index contributed by atoms with van der Waals surface area (Å²) in [6.45, 7) is 4.24. The van der Waals surface area contributed by atoms with E-state index in [0.29, 0.717) is 12.0 Å². The Labute approximate surface area is 116 Å². The molecule has 3 nitrogen and oxygen atoms in total. The van der Waals surface area contributed by atoms with Crippen LogP contribution in [0, 0.1) is 5.41 Å². The summed E-state index contributed by atoms with van der Waals surface area (Å²) in [6, 6.07) is 4.12. The van der Waals surface area contributed by atoms with Crippen molar-refractivity contribution in [2.24, 2.45) is 5.41 Å². The van der Waals surface area contributed by atoms with Gasteiger partial charge >= 0.3 is 0 Å². The Morgan fingerprint density at radius 2 is 2.21 bits per heavy atom. The molecule has 0 atom stereocenters. The van der Waals surface area contributed by atoms with Crippen LogP contribution in [-0.4, -0.2) is 15.8 Å². The van der Waals surface area contributed by atoms with Crippen molar-refractivity contribution in [1.29, 1.82) is 0 Å². The fourth-order valence-corrected chi connectivity index (χ4v) is 3.23. The van der Waals surface area contributed by atoms with Crippen LogP contribution in [0.4, 0.5) is 0 Å². The number of carbonyl (C=O) groups excluding carboxylic acids is 1. The molecular formula is C15H16N2OS. The largest absolute Gasteiger partial charge is 0.294 e. The minimum atomic E-state index is 0.0125. The Morgan fingerprint density at radius 1 is 1.37 bits per heavy atom. The molecule has 0 unspecified atom stereocenters. The summed E-state index contributed by atoms with van der Waals surface area (Å²) in [5.74, 6) is 0.987. The number of Topliss-reactive ketones (excluding diaryl/α,β-unsaturated/α-hetero) is 1. The van der Waals surface area contributed by atoms with E-state index in [-0.39, 0.29) is 11.2 Å². The minimum absolute atomic E-state index is 0.0125. The normalized spacial score (nSPS) is 17.3. The van der Waals surface area contributed by atoms with Crippen molar-refractivity contribution in [1.82, 2.24) is 9.97 Å². The van der Waals surface area contributed by atoms with Crippen LogP contribution < -0.4 is 0 Å². The second-order valence-corrected chi connectivity index (χ2v) is 6.88. The van der Waals surface area contributed by atoms with E-state index in [2.05, 4.69) is 35.3 Å². The molecule has 0 N–H and O–H groups in total. The number of hydrogen-bond donors (Lipinski definition) is 0. The van der Waals surface area contributed by atoms with E-state index < -0.39 is 0 Å². The number of fused-ring (bicyclic) bond motifs is 1. The zero-order valence-corrected chi connectivity index (χ0v) is 12.0. The monoisotopic (exact) mass is 272 g/mol. The van der Waals surface area contributed by atoms with Crippen molar-refractivity contribution < 1.29 is 4.79 Å². The van der Waals surface area contributed by atoms with Crippen LogP contribution in [0.2, 0.25) is 0 Å². The molecule has 0 saturated heterocycles. The van der Waals surface area contributed by atoms with Crippen LogP contribution in [0.25, 0.3) is 0 Å². The van der Waals surface area contributed by atoms with Crippen LogP contribution >= 0.6 is 11.3 Å². The zero-order chi connectivity index (χ0) is 13.5. The van der Waals surface area contributed by atoms with E-state index in [0.717, 1.165) is 24.4 Å². The highest BCUT2D eigenvalue weighted by Crippen LogP contribution is 2.33. The fourth-order valence-electron chi connectivity index (χ4n) is 2.53. The van der Waals surface area contributed by atoms with Crippen LogP contribution in [-0.2, 0) is 12.8 Å². The number of carbonyl (C=O) groups is 1. The lowest BCUT2D eigenvalue weighted by atomic mass is 9.76. The summed E-state index contributed by atoms with van der Waals surface area (Å²) in [7, 11) is 0. The highest BCUT2D eigenvalue weighted by Gasteiger charge is 2.32. The first-order valence-corrected chi connectivity index (χ1v) is 7.32. The molecule has 2 heterocycles. The first-order chi connectivity index (χ1) is 9.03. The Balaban J connectivity index is 1.93. The number of nitrogens with zero attached hydrogens (tertiary/aromatic N) is 2. The standard InChI is InChI=1S/C15H16N2OS/c1-15(2)7-12-11(13(18)8-15)9-16-14(17-12)6-10-4-3-5-19-10/h3-5,9H,6-8H2,1-2H3. The van der Waals surface area contributed by atoms with Gasteiger partial charge in [0.15, 0.2) is 5.78 Å². The topological polar surface area (TPSA) is 42.9 Å². The third-order valence-electron chi connectivity index (χ3n) is 3.42. The third kappa shape index (κ3) is 2.59. The van der Waals surface area contributed by atoms with Crippen LogP contribution in [0.1, 0.15) is 47.0 Å². The van der Waals surface area contributed by atoms with Gasteiger partial charge in [0.25, 0.3) is 0 Å². The first-order valence-electron chi connectivity index (χ1n) is 6.44. The minimum Gasteiger partial charge on any atom is -0.294 e. The highest BCUT2D eigenvalue weighted by atomic mass is 32.1. The molecule has 0 aromatic carbocycles. The van der Waals surface area contributed by atoms with Gasteiger partial charge in [0.05, 0.1) is 11.3 Å². The molecule has 0 bridgehead atoms. The van der Waals surface area contributed by atoms with E-state index in [1.165, 1.54) is 4.88 Å². The molecule has 1 aliphatic carbocycles. The van der Waals surface area contributed by atoms with Crippen molar-refractivity contribution in [3.8, 4) is 0 Å². The second kappa shape index (κ2) is 4.53. The molecule has 4 heteroatoms. The maximum Gasteiger partial charge on any atom is 0.166 e. The van der Waals surface area contributed by atoms with Crippen LogP contribution in [0.5, 0.6) is 0 Å². The highest BCUT2D eigenvalue weighted by molar-refractivity contribution is 7.09. The molecular weight excluding hydrogens is 256 g/mol. The molecule has 2 aromatic rings.